The van der Waals surface area contributed by atoms with Gasteiger partial charge in [0.2, 0.25) is 0 Å². The fourth-order valence-electron chi connectivity index (χ4n) is 1.93. The first-order valence-electron chi connectivity index (χ1n) is 6.56. The van der Waals surface area contributed by atoms with Gasteiger partial charge in [0.05, 0.1) is 12.3 Å². The Hall–Kier alpha value is -2.00. The summed E-state index contributed by atoms with van der Waals surface area (Å²) < 4.78 is 10.5. The van der Waals surface area contributed by atoms with E-state index in [-0.39, 0.29) is 12.1 Å². The number of nitriles is 1. The molecular formula is C14H19N3O3. The minimum Gasteiger partial charge on any atom is -0.467 e. The molecule has 20 heavy (non-hydrogen) atoms. The summed E-state index contributed by atoms with van der Waals surface area (Å²) in [5.41, 5.74) is -0.487. The zero-order valence-corrected chi connectivity index (χ0v) is 11.9. The molecule has 1 N–H and O–H groups in total. The minimum absolute atomic E-state index is 0.0808. The van der Waals surface area contributed by atoms with Crippen LogP contribution in [0, 0.1) is 11.3 Å². The van der Waals surface area contributed by atoms with Gasteiger partial charge < -0.3 is 14.1 Å². The lowest BCUT2D eigenvalue weighted by Crippen LogP contribution is -2.60. The molecule has 1 aromatic rings. The van der Waals surface area contributed by atoms with E-state index in [0.29, 0.717) is 18.8 Å². The van der Waals surface area contributed by atoms with Gasteiger partial charge in [-0.25, -0.2) is 4.79 Å². The average Bonchev–Trinajstić information content (AvgIpc) is 2.78. The van der Waals surface area contributed by atoms with Gasteiger partial charge in [-0.1, -0.05) is 0 Å². The highest BCUT2D eigenvalue weighted by Crippen LogP contribution is 2.19. The first-order chi connectivity index (χ1) is 9.39. The molecule has 0 spiro atoms. The number of carbonyl (C=O) groups excluding carboxylic acids is 1. The summed E-state index contributed by atoms with van der Waals surface area (Å²) >= 11 is 0. The van der Waals surface area contributed by atoms with E-state index in [1.807, 2.05) is 20.8 Å². The third-order valence-electron chi connectivity index (χ3n) is 2.89. The number of nitrogens with one attached hydrogen (secondary N) is 1. The van der Waals surface area contributed by atoms with Crippen molar-refractivity contribution in [1.82, 2.24) is 10.2 Å². The number of nitrogens with zero attached hydrogens (tertiary/aromatic N) is 2. The Kier molecular flexibility index (Phi) is 4.00. The molecule has 1 saturated heterocycles. The number of hydrogen-bond donors (Lipinski definition) is 1. The van der Waals surface area contributed by atoms with Crippen LogP contribution in [0.4, 0.5) is 4.79 Å². The topological polar surface area (TPSA) is 78.5 Å². The predicted octanol–water partition coefficient (Wildman–Crippen LogP) is 2.05. The first kappa shape index (κ1) is 14.4. The molecule has 0 aliphatic carbocycles. The Morgan fingerprint density at radius 2 is 2.30 bits per heavy atom. The molecule has 2 rings (SSSR count). The maximum atomic E-state index is 11.8. The van der Waals surface area contributed by atoms with Crippen molar-refractivity contribution < 1.29 is 13.9 Å². The molecule has 1 atom stereocenters. The zero-order chi connectivity index (χ0) is 14.8. The highest BCUT2D eigenvalue weighted by atomic mass is 16.6. The zero-order valence-electron chi connectivity index (χ0n) is 11.9. The number of ether oxygens (including phenoxy) is 1. The Bertz CT molecular complexity index is 493. The van der Waals surface area contributed by atoms with Crippen LogP contribution < -0.4 is 5.32 Å². The van der Waals surface area contributed by atoms with Crippen LogP contribution in [0.1, 0.15) is 32.6 Å². The van der Waals surface area contributed by atoms with Crippen LogP contribution in [0.25, 0.3) is 0 Å². The van der Waals surface area contributed by atoms with Gasteiger partial charge in [-0.2, -0.15) is 5.26 Å². The van der Waals surface area contributed by atoms with Gasteiger partial charge in [0, 0.05) is 19.1 Å². The van der Waals surface area contributed by atoms with Crippen molar-refractivity contribution in [2.75, 3.05) is 13.1 Å². The fourth-order valence-corrected chi connectivity index (χ4v) is 1.93. The van der Waals surface area contributed by atoms with Gasteiger partial charge in [0.1, 0.15) is 11.4 Å². The van der Waals surface area contributed by atoms with Crippen molar-refractivity contribution in [2.45, 2.75) is 38.5 Å². The van der Waals surface area contributed by atoms with Crippen LogP contribution in [0.15, 0.2) is 22.8 Å². The lowest BCUT2D eigenvalue weighted by molar-refractivity contribution is 0.00457. The van der Waals surface area contributed by atoms with Crippen molar-refractivity contribution in [3.05, 3.63) is 24.2 Å². The highest BCUT2D eigenvalue weighted by molar-refractivity contribution is 5.69. The molecule has 1 amide bonds. The monoisotopic (exact) mass is 277 g/mol. The second kappa shape index (κ2) is 5.55. The number of furan rings is 1. The van der Waals surface area contributed by atoms with Crippen molar-refractivity contribution in [2.24, 2.45) is 0 Å². The summed E-state index contributed by atoms with van der Waals surface area (Å²) in [5, 5.41) is 12.3. The number of amides is 1. The Balaban J connectivity index is 1.79. The number of carbonyl (C=O) groups is 1. The van der Waals surface area contributed by atoms with Gasteiger partial charge in [-0.15, -0.1) is 0 Å². The van der Waals surface area contributed by atoms with Crippen LogP contribution in [0.2, 0.25) is 0 Å². The molecular weight excluding hydrogens is 258 g/mol. The largest absolute Gasteiger partial charge is 0.467 e. The second-order valence-electron chi connectivity index (χ2n) is 5.83. The molecule has 6 heteroatoms. The standard InChI is InChI=1S/C14H19N3O3/c1-14(2,3)20-13(18)17-8-10(9-17)16-11(7-15)12-5-4-6-19-12/h4-6,10-11,16H,8-9H2,1-3H3/t11-/m0/s1. The van der Waals surface area contributed by atoms with Gasteiger partial charge in [-0.3, -0.25) is 5.32 Å². The number of likely N-dealkylation sites (tertiary alicyclic amines) is 1. The number of rotatable bonds is 3. The van der Waals surface area contributed by atoms with Crippen LogP contribution in [0.5, 0.6) is 0 Å². The lowest BCUT2D eigenvalue weighted by atomic mass is 10.1. The molecule has 0 saturated carbocycles. The summed E-state index contributed by atoms with van der Waals surface area (Å²) in [7, 11) is 0. The van der Waals surface area contributed by atoms with E-state index in [1.54, 1.807) is 17.0 Å². The molecule has 0 radical (unpaired) electrons. The van der Waals surface area contributed by atoms with E-state index in [4.69, 9.17) is 14.4 Å². The van der Waals surface area contributed by atoms with Gasteiger partial charge in [0.15, 0.2) is 6.04 Å². The quantitative estimate of drug-likeness (QED) is 0.914. The van der Waals surface area contributed by atoms with Gasteiger partial charge in [0.25, 0.3) is 0 Å². The highest BCUT2D eigenvalue weighted by Gasteiger charge is 2.35. The second-order valence-corrected chi connectivity index (χ2v) is 5.83. The van der Waals surface area contributed by atoms with Crippen molar-refractivity contribution in [1.29, 1.82) is 5.26 Å². The SMILES string of the molecule is CC(C)(C)OC(=O)N1CC(N[C@@H](C#N)c2ccco2)C1. The fraction of sp³-hybridized carbons (Fsp3) is 0.571. The average molecular weight is 277 g/mol. The predicted molar refractivity (Wildman–Crippen MR) is 71.8 cm³/mol. The molecule has 1 aliphatic rings. The minimum atomic E-state index is -0.490. The molecule has 0 unspecified atom stereocenters. The Morgan fingerprint density at radius 1 is 1.60 bits per heavy atom. The van der Waals surface area contributed by atoms with Crippen molar-refractivity contribution in [3.8, 4) is 6.07 Å². The van der Waals surface area contributed by atoms with E-state index in [1.165, 1.54) is 6.26 Å². The summed E-state index contributed by atoms with van der Waals surface area (Å²) in [6, 6.07) is 5.24. The smallest absolute Gasteiger partial charge is 0.410 e. The van der Waals surface area contributed by atoms with Crippen LogP contribution in [0.3, 0.4) is 0 Å². The maximum Gasteiger partial charge on any atom is 0.410 e. The van der Waals surface area contributed by atoms with Crippen molar-refractivity contribution in [3.63, 3.8) is 0 Å². The van der Waals surface area contributed by atoms with Crippen molar-refractivity contribution >= 4 is 6.09 Å². The molecule has 108 valence electrons. The van der Waals surface area contributed by atoms with Gasteiger partial charge in [-0.05, 0) is 32.9 Å². The summed E-state index contributed by atoms with van der Waals surface area (Å²) in [4.78, 5) is 13.4. The third-order valence-corrected chi connectivity index (χ3v) is 2.89. The lowest BCUT2D eigenvalue weighted by Gasteiger charge is -2.40. The van der Waals surface area contributed by atoms with Crippen LogP contribution in [-0.2, 0) is 4.74 Å². The normalized spacial score (nSPS) is 17.2. The molecule has 2 heterocycles. The van der Waals surface area contributed by atoms with Crippen LogP contribution >= 0.6 is 0 Å². The molecule has 1 fully saturated rings. The molecule has 0 aromatic carbocycles. The summed E-state index contributed by atoms with van der Waals surface area (Å²) in [6.45, 7) is 6.58. The summed E-state index contributed by atoms with van der Waals surface area (Å²) in [5.74, 6) is 0.586. The summed E-state index contributed by atoms with van der Waals surface area (Å²) in [6.07, 6.45) is 1.22. The Labute approximate surface area is 118 Å². The van der Waals surface area contributed by atoms with Crippen LogP contribution in [-0.4, -0.2) is 35.7 Å². The van der Waals surface area contributed by atoms with E-state index < -0.39 is 11.6 Å². The van der Waals surface area contributed by atoms with E-state index >= 15 is 0 Å². The number of hydrogen-bond acceptors (Lipinski definition) is 5. The third kappa shape index (κ3) is 3.52. The maximum absolute atomic E-state index is 11.8. The molecule has 6 nitrogen and oxygen atoms in total. The molecule has 0 bridgehead atoms. The van der Waals surface area contributed by atoms with E-state index in [9.17, 15) is 4.79 Å². The molecule has 1 aliphatic heterocycles. The van der Waals surface area contributed by atoms with Gasteiger partial charge >= 0.3 is 6.09 Å². The van der Waals surface area contributed by atoms with E-state index in [2.05, 4.69) is 11.4 Å². The Morgan fingerprint density at radius 3 is 2.80 bits per heavy atom. The van der Waals surface area contributed by atoms with E-state index in [0.717, 1.165) is 0 Å². The molecule has 1 aromatic heterocycles. The first-order valence-corrected chi connectivity index (χ1v) is 6.56.